The van der Waals surface area contributed by atoms with Crippen molar-refractivity contribution in [2.75, 3.05) is 4.90 Å². The lowest BCUT2D eigenvalue weighted by Gasteiger charge is -2.27. The van der Waals surface area contributed by atoms with Crippen molar-refractivity contribution in [3.63, 3.8) is 0 Å². The van der Waals surface area contributed by atoms with Crippen molar-refractivity contribution in [3.05, 3.63) is 231 Å². The zero-order valence-corrected chi connectivity index (χ0v) is 35.5. The Balaban J connectivity index is 1.03. The first-order valence-electron chi connectivity index (χ1n) is 21.8. The lowest BCUT2D eigenvalue weighted by Crippen LogP contribution is -2.10. The lowest BCUT2D eigenvalue weighted by molar-refractivity contribution is 0.670. The van der Waals surface area contributed by atoms with E-state index >= 15 is 0 Å². The van der Waals surface area contributed by atoms with Crippen LogP contribution in [0.2, 0.25) is 0 Å². The maximum Gasteiger partial charge on any atom is 0.143 e. The molecular formula is C60H38N2OS. The Bertz CT molecular complexity index is 3910. The van der Waals surface area contributed by atoms with Gasteiger partial charge in [0.15, 0.2) is 0 Å². The highest BCUT2D eigenvalue weighted by molar-refractivity contribution is 7.26. The molecule has 0 aliphatic heterocycles. The third kappa shape index (κ3) is 5.73. The van der Waals surface area contributed by atoms with E-state index in [9.17, 15) is 0 Å². The van der Waals surface area contributed by atoms with Crippen LogP contribution in [0.25, 0.3) is 103 Å². The van der Waals surface area contributed by atoms with Gasteiger partial charge in [0, 0.05) is 75.5 Å². The molecule has 0 radical (unpaired) electrons. The molecule has 13 rings (SSSR count). The van der Waals surface area contributed by atoms with Crippen molar-refractivity contribution in [2.45, 2.75) is 0 Å². The summed E-state index contributed by atoms with van der Waals surface area (Å²) in [5.74, 6) is 0. The number of anilines is 3. The fourth-order valence-corrected chi connectivity index (χ4v) is 11.2. The molecule has 64 heavy (non-hydrogen) atoms. The normalized spacial score (nSPS) is 11.8. The third-order valence-corrected chi connectivity index (χ3v) is 14.0. The van der Waals surface area contributed by atoms with Gasteiger partial charge in [-0.3, -0.25) is 0 Å². The SMILES string of the molecule is c1ccc(-c2cc(N(c3ccccc3)c3ccc4c5ccccc5n(-c5ccccc5-c5cccc6c5oc5ccccc56)c4c3)ccc2-c2cccc3c2sc2ccccc23)cc1. The number of thiophene rings is 1. The van der Waals surface area contributed by atoms with E-state index in [1.807, 2.05) is 17.4 Å². The summed E-state index contributed by atoms with van der Waals surface area (Å²) >= 11 is 1.88. The van der Waals surface area contributed by atoms with E-state index in [0.29, 0.717) is 0 Å². The first-order valence-corrected chi connectivity index (χ1v) is 22.6. The monoisotopic (exact) mass is 834 g/mol. The smallest absolute Gasteiger partial charge is 0.143 e. The minimum atomic E-state index is 0.894. The van der Waals surface area contributed by atoms with E-state index in [1.54, 1.807) is 0 Å². The van der Waals surface area contributed by atoms with Crippen LogP contribution in [0.4, 0.5) is 17.1 Å². The minimum Gasteiger partial charge on any atom is -0.455 e. The predicted molar refractivity (Wildman–Crippen MR) is 272 cm³/mol. The van der Waals surface area contributed by atoms with E-state index in [1.165, 1.54) is 53.2 Å². The Morgan fingerprint density at radius 3 is 1.86 bits per heavy atom. The predicted octanol–water partition coefficient (Wildman–Crippen LogP) is 17.5. The maximum absolute atomic E-state index is 6.63. The molecule has 3 nitrogen and oxygen atoms in total. The van der Waals surface area contributed by atoms with Crippen LogP contribution in [0.1, 0.15) is 0 Å². The molecule has 0 aliphatic carbocycles. The van der Waals surface area contributed by atoms with E-state index in [-0.39, 0.29) is 0 Å². The van der Waals surface area contributed by atoms with E-state index in [2.05, 4.69) is 234 Å². The van der Waals surface area contributed by atoms with Crippen LogP contribution in [0.5, 0.6) is 0 Å². The van der Waals surface area contributed by atoms with Crippen molar-refractivity contribution < 1.29 is 4.42 Å². The molecule has 300 valence electrons. The topological polar surface area (TPSA) is 21.3 Å². The molecule has 0 unspecified atom stereocenters. The number of fused-ring (bicyclic) bond motifs is 9. The van der Waals surface area contributed by atoms with Gasteiger partial charge < -0.3 is 13.9 Å². The van der Waals surface area contributed by atoms with Gasteiger partial charge >= 0.3 is 0 Å². The molecule has 0 spiro atoms. The summed E-state index contributed by atoms with van der Waals surface area (Å²) in [6.07, 6.45) is 0. The van der Waals surface area contributed by atoms with Crippen molar-refractivity contribution in [1.82, 2.24) is 4.57 Å². The molecule has 0 saturated heterocycles. The van der Waals surface area contributed by atoms with E-state index in [4.69, 9.17) is 4.42 Å². The van der Waals surface area contributed by atoms with Crippen molar-refractivity contribution in [3.8, 4) is 39.1 Å². The Morgan fingerprint density at radius 1 is 0.359 bits per heavy atom. The quantitative estimate of drug-likeness (QED) is 0.159. The molecule has 0 fully saturated rings. The number of hydrogen-bond acceptors (Lipinski definition) is 3. The average Bonchev–Trinajstić information content (AvgIpc) is 4.04. The lowest BCUT2D eigenvalue weighted by atomic mass is 9.92. The highest BCUT2D eigenvalue weighted by Crippen LogP contribution is 2.47. The number of furan rings is 1. The Hall–Kier alpha value is -8.18. The van der Waals surface area contributed by atoms with Gasteiger partial charge in [-0.15, -0.1) is 11.3 Å². The summed E-state index contributed by atoms with van der Waals surface area (Å²) in [6.45, 7) is 0. The molecule has 3 heterocycles. The van der Waals surface area contributed by atoms with Crippen LogP contribution in [-0.2, 0) is 0 Å². The third-order valence-electron chi connectivity index (χ3n) is 12.8. The number of para-hydroxylation sites is 5. The van der Waals surface area contributed by atoms with Crippen molar-refractivity contribution in [2.24, 2.45) is 0 Å². The number of nitrogens with zero attached hydrogens (tertiary/aromatic N) is 2. The zero-order valence-electron chi connectivity index (χ0n) is 34.7. The fourth-order valence-electron chi connectivity index (χ4n) is 9.96. The molecular weight excluding hydrogens is 797 g/mol. The molecule has 0 saturated carbocycles. The summed E-state index contributed by atoms with van der Waals surface area (Å²) < 4.78 is 11.7. The number of aromatic nitrogens is 1. The summed E-state index contributed by atoms with van der Waals surface area (Å²) in [4.78, 5) is 2.40. The van der Waals surface area contributed by atoms with Crippen LogP contribution in [0.3, 0.4) is 0 Å². The first kappa shape index (κ1) is 36.5. The molecule has 10 aromatic carbocycles. The maximum atomic E-state index is 6.63. The van der Waals surface area contributed by atoms with Gasteiger partial charge in [0.2, 0.25) is 0 Å². The second kappa shape index (κ2) is 14.7. The summed E-state index contributed by atoms with van der Waals surface area (Å²) in [5, 5.41) is 7.25. The van der Waals surface area contributed by atoms with Crippen molar-refractivity contribution in [1.29, 1.82) is 0 Å². The van der Waals surface area contributed by atoms with Gasteiger partial charge in [0.25, 0.3) is 0 Å². The van der Waals surface area contributed by atoms with Crippen LogP contribution in [0, 0.1) is 0 Å². The van der Waals surface area contributed by atoms with Gasteiger partial charge in [0.1, 0.15) is 11.2 Å². The molecule has 0 bridgehead atoms. The number of hydrogen-bond donors (Lipinski definition) is 0. The van der Waals surface area contributed by atoms with Gasteiger partial charge in [-0.2, -0.15) is 0 Å². The first-order chi connectivity index (χ1) is 31.8. The zero-order chi connectivity index (χ0) is 42.1. The molecule has 0 atom stereocenters. The van der Waals surface area contributed by atoms with Gasteiger partial charge in [-0.05, 0) is 77.4 Å². The summed E-state index contributed by atoms with van der Waals surface area (Å²) in [5.41, 5.74) is 15.4. The van der Waals surface area contributed by atoms with Crippen LogP contribution in [-0.4, -0.2) is 4.57 Å². The number of benzene rings is 10. The van der Waals surface area contributed by atoms with Gasteiger partial charge in [-0.25, -0.2) is 0 Å². The van der Waals surface area contributed by atoms with Gasteiger partial charge in [-0.1, -0.05) is 170 Å². The fraction of sp³-hybridized carbons (Fsp3) is 0. The number of rotatable bonds is 7. The second-order valence-electron chi connectivity index (χ2n) is 16.4. The second-order valence-corrected chi connectivity index (χ2v) is 17.5. The molecule has 13 aromatic rings. The van der Waals surface area contributed by atoms with Crippen LogP contribution < -0.4 is 4.90 Å². The summed E-state index contributed by atoms with van der Waals surface area (Å²) in [6, 6.07) is 83.4. The van der Waals surface area contributed by atoms with E-state index in [0.717, 1.165) is 66.8 Å². The highest BCUT2D eigenvalue weighted by atomic mass is 32.1. The minimum absolute atomic E-state index is 0.894. The Labute approximate surface area is 373 Å². The van der Waals surface area contributed by atoms with Crippen LogP contribution in [0.15, 0.2) is 235 Å². The Morgan fingerprint density at radius 2 is 0.984 bits per heavy atom. The standard InChI is InChI=1S/C60H38N2OS/c1-3-17-39(18-4-1)53-37-41(33-35-43(53)51-27-16-28-52-48-24-10-14-32-58(48)64-60(51)52)61(40-19-5-2-6-20-40)42-34-36-46-44-21-7-11-29-54(44)62(56(46)38-42)55-30-12-8-22-45(55)49-25-15-26-50-47-23-9-13-31-57(47)63-59(49)50/h1-38H. The molecule has 0 amide bonds. The van der Waals surface area contributed by atoms with Gasteiger partial charge in [0.05, 0.1) is 16.7 Å². The largest absolute Gasteiger partial charge is 0.455 e. The average molecular weight is 835 g/mol. The molecule has 0 N–H and O–H groups in total. The van der Waals surface area contributed by atoms with Crippen molar-refractivity contribution >= 4 is 92.3 Å². The molecule has 4 heteroatoms. The summed E-state index contributed by atoms with van der Waals surface area (Å²) in [7, 11) is 0. The van der Waals surface area contributed by atoms with Crippen LogP contribution >= 0.6 is 11.3 Å². The molecule has 0 aliphatic rings. The molecule has 3 aromatic heterocycles. The highest BCUT2D eigenvalue weighted by Gasteiger charge is 2.22. The van der Waals surface area contributed by atoms with E-state index < -0.39 is 0 Å². The Kier molecular flexibility index (Phi) is 8.40.